The first kappa shape index (κ1) is 15.3. The maximum Gasteiger partial charge on any atom is 0.311 e. The van der Waals surface area contributed by atoms with Crippen LogP contribution < -0.4 is 16.0 Å². The molecule has 3 N–H and O–H groups in total. The summed E-state index contributed by atoms with van der Waals surface area (Å²) >= 11 is 11.8. The van der Waals surface area contributed by atoms with E-state index in [0.29, 0.717) is 5.56 Å². The number of hydrogen-bond acceptors (Lipinski definition) is 6. The van der Waals surface area contributed by atoms with E-state index in [1.807, 2.05) is 0 Å². The third-order valence-electron chi connectivity index (χ3n) is 2.62. The van der Waals surface area contributed by atoms with Crippen LogP contribution in [-0.4, -0.2) is 9.91 Å². The van der Waals surface area contributed by atoms with E-state index >= 15 is 0 Å². The van der Waals surface area contributed by atoms with Gasteiger partial charge in [0.25, 0.3) is 0 Å². The lowest BCUT2D eigenvalue weighted by Gasteiger charge is -2.11. The number of nitro groups is 1. The number of nitrogens with one attached hydrogen (secondary N) is 1. The van der Waals surface area contributed by atoms with Crippen LogP contribution in [0.15, 0.2) is 24.3 Å². The van der Waals surface area contributed by atoms with Crippen molar-refractivity contribution in [3.8, 4) is 11.6 Å². The maximum absolute atomic E-state index is 11.0. The second-order valence-electron chi connectivity index (χ2n) is 4.03. The minimum Gasteiger partial charge on any atom is -0.430 e. The molecule has 0 saturated carbocycles. The van der Waals surface area contributed by atoms with Crippen LogP contribution in [0.3, 0.4) is 0 Å². The molecule has 1 aromatic heterocycles. The number of rotatable bonds is 4. The Bertz CT molecular complexity index is 709. The summed E-state index contributed by atoms with van der Waals surface area (Å²) in [5.74, 6) is 5.43. The van der Waals surface area contributed by atoms with Crippen molar-refractivity contribution >= 4 is 34.7 Å². The highest BCUT2D eigenvalue weighted by molar-refractivity contribution is 6.36. The molecule has 9 heteroatoms. The Balaban J connectivity index is 2.50. The molecule has 0 aliphatic heterocycles. The van der Waals surface area contributed by atoms with E-state index in [-0.39, 0.29) is 33.2 Å². The lowest BCUT2D eigenvalue weighted by atomic mass is 10.2. The molecule has 7 nitrogen and oxygen atoms in total. The predicted octanol–water partition coefficient (Wildman–Crippen LogP) is 3.68. The van der Waals surface area contributed by atoms with Gasteiger partial charge in [-0.2, -0.15) is 4.98 Å². The van der Waals surface area contributed by atoms with Crippen molar-refractivity contribution in [3.05, 3.63) is 50.0 Å². The van der Waals surface area contributed by atoms with Gasteiger partial charge >= 0.3 is 5.69 Å². The molecule has 21 heavy (non-hydrogen) atoms. The first-order chi connectivity index (χ1) is 9.93. The number of nitrogens with two attached hydrogens (primary N) is 1. The Labute approximate surface area is 129 Å². The number of aryl methyl sites for hydroxylation is 1. The van der Waals surface area contributed by atoms with E-state index in [2.05, 4.69) is 10.4 Å². The number of nitro benzene ring substituents is 1. The summed E-state index contributed by atoms with van der Waals surface area (Å²) in [6, 6.07) is 5.94. The summed E-state index contributed by atoms with van der Waals surface area (Å²) in [5.41, 5.74) is 2.66. The van der Waals surface area contributed by atoms with Crippen LogP contribution in [0.1, 0.15) is 5.56 Å². The largest absolute Gasteiger partial charge is 0.430 e. The van der Waals surface area contributed by atoms with Crippen LogP contribution in [0, 0.1) is 17.0 Å². The molecule has 2 aromatic rings. The lowest BCUT2D eigenvalue weighted by molar-refractivity contribution is -0.385. The number of nitrogen functional groups attached to an aromatic ring is 1. The average Bonchev–Trinajstić information content (AvgIpc) is 2.43. The highest BCUT2D eigenvalue weighted by Gasteiger charge is 2.20. The first-order valence-electron chi connectivity index (χ1n) is 5.68. The van der Waals surface area contributed by atoms with Crippen molar-refractivity contribution in [1.29, 1.82) is 0 Å². The highest BCUT2D eigenvalue weighted by atomic mass is 35.5. The highest BCUT2D eigenvalue weighted by Crippen LogP contribution is 2.38. The zero-order chi connectivity index (χ0) is 15.6. The van der Waals surface area contributed by atoms with Gasteiger partial charge in [-0.1, -0.05) is 35.3 Å². The minimum atomic E-state index is -0.547. The summed E-state index contributed by atoms with van der Waals surface area (Å²) in [5, 5.41) is 11.4. The van der Waals surface area contributed by atoms with Crippen molar-refractivity contribution in [2.45, 2.75) is 6.92 Å². The van der Waals surface area contributed by atoms with Gasteiger partial charge in [-0.3, -0.25) is 10.1 Å². The van der Waals surface area contributed by atoms with Gasteiger partial charge in [0.2, 0.25) is 11.6 Å². The standard InChI is InChI=1S/C12H10Cl2N4O3/c1-6-3-2-4-9(18(19)20)10(6)21-12-8(14)5-7(13)11(16-12)17-15/h2-5H,15H2,1H3,(H,16,17). The number of hydrazine groups is 1. The van der Waals surface area contributed by atoms with E-state index in [4.69, 9.17) is 33.8 Å². The topological polar surface area (TPSA) is 103 Å². The summed E-state index contributed by atoms with van der Waals surface area (Å²) in [7, 11) is 0. The van der Waals surface area contributed by atoms with Gasteiger partial charge in [-0.15, -0.1) is 0 Å². The number of pyridine rings is 1. The number of halogens is 2. The van der Waals surface area contributed by atoms with Crippen LogP contribution in [-0.2, 0) is 0 Å². The van der Waals surface area contributed by atoms with Crippen LogP contribution in [0.4, 0.5) is 11.5 Å². The van der Waals surface area contributed by atoms with Crippen molar-refractivity contribution < 1.29 is 9.66 Å². The molecule has 0 bridgehead atoms. The van der Waals surface area contributed by atoms with Crippen LogP contribution >= 0.6 is 23.2 Å². The van der Waals surface area contributed by atoms with Gasteiger partial charge in [0.05, 0.1) is 9.95 Å². The Morgan fingerprint density at radius 3 is 2.71 bits per heavy atom. The maximum atomic E-state index is 11.0. The first-order valence-corrected chi connectivity index (χ1v) is 6.44. The van der Waals surface area contributed by atoms with Crippen molar-refractivity contribution in [2.75, 3.05) is 5.43 Å². The summed E-state index contributed by atoms with van der Waals surface area (Å²) < 4.78 is 5.49. The quantitative estimate of drug-likeness (QED) is 0.504. The van der Waals surface area contributed by atoms with Gasteiger partial charge in [-0.25, -0.2) is 5.84 Å². The molecule has 1 aromatic carbocycles. The Kier molecular flexibility index (Phi) is 4.46. The number of para-hydroxylation sites is 1. The zero-order valence-corrected chi connectivity index (χ0v) is 12.3. The molecule has 0 spiro atoms. The van der Waals surface area contributed by atoms with Gasteiger partial charge in [0, 0.05) is 6.07 Å². The summed E-state index contributed by atoms with van der Waals surface area (Å²) in [6.45, 7) is 1.67. The molecule has 0 atom stereocenters. The fourth-order valence-electron chi connectivity index (χ4n) is 1.63. The van der Waals surface area contributed by atoms with E-state index in [9.17, 15) is 10.1 Å². The monoisotopic (exact) mass is 328 g/mol. The molecule has 0 fully saturated rings. The number of ether oxygens (including phenoxy) is 1. The molecular weight excluding hydrogens is 319 g/mol. The molecule has 110 valence electrons. The van der Waals surface area contributed by atoms with Gasteiger partial charge in [0.15, 0.2) is 5.82 Å². The number of nitrogens with zero attached hydrogens (tertiary/aromatic N) is 2. The minimum absolute atomic E-state index is 0.0357. The fourth-order valence-corrected chi connectivity index (χ4v) is 2.08. The molecule has 0 saturated heterocycles. The van der Waals surface area contributed by atoms with Crippen molar-refractivity contribution in [1.82, 2.24) is 4.98 Å². The summed E-state index contributed by atoms with van der Waals surface area (Å²) in [6.07, 6.45) is 0. The van der Waals surface area contributed by atoms with Crippen molar-refractivity contribution in [2.24, 2.45) is 5.84 Å². The molecule has 0 aliphatic rings. The molecular formula is C12H10Cl2N4O3. The average molecular weight is 329 g/mol. The number of aromatic nitrogens is 1. The smallest absolute Gasteiger partial charge is 0.311 e. The lowest BCUT2D eigenvalue weighted by Crippen LogP contribution is -2.09. The Morgan fingerprint density at radius 1 is 1.38 bits per heavy atom. The molecule has 0 radical (unpaired) electrons. The van der Waals surface area contributed by atoms with E-state index in [0.717, 1.165) is 0 Å². The number of anilines is 1. The molecule has 1 heterocycles. The Morgan fingerprint density at radius 2 is 2.10 bits per heavy atom. The zero-order valence-electron chi connectivity index (χ0n) is 10.8. The third-order valence-corrected chi connectivity index (χ3v) is 3.18. The predicted molar refractivity (Wildman–Crippen MR) is 80.0 cm³/mol. The van der Waals surface area contributed by atoms with Gasteiger partial charge in [-0.05, 0) is 18.6 Å². The second kappa shape index (κ2) is 6.13. The van der Waals surface area contributed by atoms with E-state index < -0.39 is 4.92 Å². The van der Waals surface area contributed by atoms with Crippen LogP contribution in [0.5, 0.6) is 11.6 Å². The molecule has 0 amide bonds. The fraction of sp³-hybridized carbons (Fsp3) is 0.0833. The number of hydrogen-bond donors (Lipinski definition) is 2. The number of benzene rings is 1. The van der Waals surface area contributed by atoms with Crippen LogP contribution in [0.2, 0.25) is 10.0 Å². The molecule has 2 rings (SSSR count). The second-order valence-corrected chi connectivity index (χ2v) is 4.85. The SMILES string of the molecule is Cc1cccc([N+](=O)[O-])c1Oc1nc(NN)c(Cl)cc1Cl. The van der Waals surface area contributed by atoms with Crippen LogP contribution in [0.25, 0.3) is 0 Å². The normalized spacial score (nSPS) is 10.3. The van der Waals surface area contributed by atoms with Gasteiger partial charge in [0.1, 0.15) is 5.02 Å². The summed E-state index contributed by atoms with van der Waals surface area (Å²) in [4.78, 5) is 14.5. The Hall–Kier alpha value is -2.09. The molecule has 0 unspecified atom stereocenters. The molecule has 0 aliphatic carbocycles. The van der Waals surface area contributed by atoms with Gasteiger partial charge < -0.3 is 10.2 Å². The van der Waals surface area contributed by atoms with E-state index in [1.54, 1.807) is 19.1 Å². The van der Waals surface area contributed by atoms with E-state index in [1.165, 1.54) is 12.1 Å². The third kappa shape index (κ3) is 3.15. The van der Waals surface area contributed by atoms with Crippen molar-refractivity contribution in [3.63, 3.8) is 0 Å².